The average Bonchev–Trinajstić information content (AvgIpc) is 3.47. The largest absolute Gasteiger partial charge is 0.497 e. The number of methoxy groups -OCH3 is 1. The Bertz CT molecular complexity index is 1400. The standard InChI is InChI=1S/C29H33N5O5/c1-20(6-3-4-13-32-19-22(12-15-35)30-31-32)29(38)25-17-24(39-2)9-10-26(25)34(28(29)37)18-21-7-5-8-23(16-21)33-14-11-27(33)36/h3,5-10,16-17,19-20,35,38H,4,11-15,18H2,1-2H3/b6-3+/t20-,29+/m1/s1. The summed E-state index contributed by atoms with van der Waals surface area (Å²) < 4.78 is 7.12. The van der Waals surface area contributed by atoms with Crippen molar-refractivity contribution in [3.63, 3.8) is 0 Å². The molecule has 0 unspecified atom stereocenters. The smallest absolute Gasteiger partial charge is 0.264 e. The summed E-state index contributed by atoms with van der Waals surface area (Å²) in [6.45, 7) is 3.38. The number of aryl methyl sites for hydroxylation is 1. The van der Waals surface area contributed by atoms with Gasteiger partial charge in [0, 0.05) is 55.9 Å². The van der Waals surface area contributed by atoms with Gasteiger partial charge in [0.15, 0.2) is 5.60 Å². The van der Waals surface area contributed by atoms with Crippen molar-refractivity contribution in [1.82, 2.24) is 15.0 Å². The molecule has 3 aromatic rings. The monoisotopic (exact) mass is 531 g/mol. The van der Waals surface area contributed by atoms with Crippen LogP contribution in [0, 0.1) is 5.92 Å². The summed E-state index contributed by atoms with van der Waals surface area (Å²) in [6.07, 6.45) is 7.22. The maximum atomic E-state index is 13.9. The van der Waals surface area contributed by atoms with Crippen LogP contribution in [0.5, 0.6) is 5.75 Å². The highest BCUT2D eigenvalue weighted by Gasteiger charge is 2.52. The molecule has 3 heterocycles. The molecule has 2 N–H and O–H groups in total. The Balaban J connectivity index is 1.36. The second kappa shape index (κ2) is 11.0. The first-order valence-corrected chi connectivity index (χ1v) is 13.1. The number of amides is 2. The number of benzene rings is 2. The molecule has 0 aliphatic carbocycles. The zero-order valence-electron chi connectivity index (χ0n) is 22.2. The van der Waals surface area contributed by atoms with Crippen LogP contribution in [0.1, 0.15) is 36.6 Å². The summed E-state index contributed by atoms with van der Waals surface area (Å²) in [5.41, 5.74) is 1.77. The summed E-state index contributed by atoms with van der Waals surface area (Å²) in [4.78, 5) is 29.1. The van der Waals surface area contributed by atoms with Crippen LogP contribution in [0.2, 0.25) is 0 Å². The lowest BCUT2D eigenvalue weighted by Gasteiger charge is -2.31. The Labute approximate surface area is 227 Å². The molecule has 2 amide bonds. The Hall–Kier alpha value is -4.02. The van der Waals surface area contributed by atoms with Crippen molar-refractivity contribution in [3.8, 4) is 5.75 Å². The normalized spacial score (nSPS) is 19.5. The number of aliphatic hydroxyl groups excluding tert-OH is 1. The van der Waals surface area contributed by atoms with Crippen molar-refractivity contribution in [1.29, 1.82) is 0 Å². The third-order valence-corrected chi connectivity index (χ3v) is 7.45. The van der Waals surface area contributed by atoms with Crippen molar-refractivity contribution in [2.75, 3.05) is 30.1 Å². The van der Waals surface area contributed by atoms with Gasteiger partial charge < -0.3 is 24.7 Å². The zero-order chi connectivity index (χ0) is 27.6. The highest BCUT2D eigenvalue weighted by molar-refractivity contribution is 6.07. The molecule has 0 bridgehead atoms. The van der Waals surface area contributed by atoms with Gasteiger partial charge in [0.2, 0.25) is 5.91 Å². The van der Waals surface area contributed by atoms with Crippen LogP contribution in [-0.4, -0.2) is 57.3 Å². The predicted octanol–water partition coefficient (Wildman–Crippen LogP) is 2.58. The summed E-state index contributed by atoms with van der Waals surface area (Å²) in [7, 11) is 1.55. The molecule has 10 nitrogen and oxygen atoms in total. The maximum absolute atomic E-state index is 13.9. The molecule has 0 saturated carbocycles. The van der Waals surface area contributed by atoms with Gasteiger partial charge in [0.25, 0.3) is 5.91 Å². The number of β-lactam (4-membered cyclic amide) rings is 1. The van der Waals surface area contributed by atoms with E-state index < -0.39 is 17.4 Å². The van der Waals surface area contributed by atoms with Crippen molar-refractivity contribution in [2.45, 2.75) is 44.9 Å². The number of anilines is 2. The summed E-state index contributed by atoms with van der Waals surface area (Å²) in [5, 5.41) is 29.1. The van der Waals surface area contributed by atoms with Gasteiger partial charge in [0.1, 0.15) is 5.75 Å². The van der Waals surface area contributed by atoms with E-state index in [1.54, 1.807) is 46.0 Å². The molecule has 2 aliphatic rings. The molecule has 204 valence electrons. The number of carbonyl (C=O) groups excluding carboxylic acids is 2. The minimum Gasteiger partial charge on any atom is -0.497 e. The molecule has 39 heavy (non-hydrogen) atoms. The van der Waals surface area contributed by atoms with Crippen LogP contribution >= 0.6 is 0 Å². The Morgan fingerprint density at radius 1 is 1.21 bits per heavy atom. The number of aromatic nitrogens is 3. The first-order valence-electron chi connectivity index (χ1n) is 13.1. The molecule has 10 heteroatoms. The first kappa shape index (κ1) is 26.6. The van der Waals surface area contributed by atoms with Crippen LogP contribution in [0.25, 0.3) is 0 Å². The molecule has 1 aromatic heterocycles. The van der Waals surface area contributed by atoms with E-state index in [1.807, 2.05) is 43.3 Å². The number of fused-ring (bicyclic) bond motifs is 1. The third kappa shape index (κ3) is 5.05. The molecule has 1 saturated heterocycles. The maximum Gasteiger partial charge on any atom is 0.264 e. The van der Waals surface area contributed by atoms with E-state index in [2.05, 4.69) is 10.3 Å². The lowest BCUT2D eigenvalue weighted by Crippen LogP contribution is -2.44. The fourth-order valence-corrected chi connectivity index (χ4v) is 5.13. The van der Waals surface area contributed by atoms with Crippen molar-refractivity contribution >= 4 is 23.2 Å². The zero-order valence-corrected chi connectivity index (χ0v) is 22.2. The van der Waals surface area contributed by atoms with E-state index in [0.29, 0.717) is 49.4 Å². The van der Waals surface area contributed by atoms with Crippen LogP contribution < -0.4 is 14.5 Å². The van der Waals surface area contributed by atoms with Gasteiger partial charge in [-0.3, -0.25) is 14.3 Å². The van der Waals surface area contributed by atoms with Gasteiger partial charge in [-0.2, -0.15) is 0 Å². The topological polar surface area (TPSA) is 121 Å². The van der Waals surface area contributed by atoms with Gasteiger partial charge in [0.05, 0.1) is 25.0 Å². The number of hydrogen-bond acceptors (Lipinski definition) is 7. The number of allylic oxidation sites excluding steroid dienone is 1. The predicted molar refractivity (Wildman–Crippen MR) is 145 cm³/mol. The van der Waals surface area contributed by atoms with E-state index in [1.165, 1.54) is 0 Å². The van der Waals surface area contributed by atoms with Crippen LogP contribution in [-0.2, 0) is 34.7 Å². The molecule has 2 aromatic carbocycles. The van der Waals surface area contributed by atoms with Crippen LogP contribution in [0.3, 0.4) is 0 Å². The molecular formula is C29H33N5O5. The summed E-state index contributed by atoms with van der Waals surface area (Å²) >= 11 is 0. The van der Waals surface area contributed by atoms with Gasteiger partial charge in [-0.15, -0.1) is 5.10 Å². The fraction of sp³-hybridized carbons (Fsp3) is 0.379. The number of carbonyl (C=O) groups is 2. The molecule has 0 radical (unpaired) electrons. The summed E-state index contributed by atoms with van der Waals surface area (Å²) in [6, 6.07) is 12.9. The van der Waals surface area contributed by atoms with Gasteiger partial charge in [-0.1, -0.05) is 36.4 Å². The minimum absolute atomic E-state index is 0.0234. The second-order valence-electron chi connectivity index (χ2n) is 9.96. The number of rotatable bonds is 11. The number of nitrogens with zero attached hydrogens (tertiary/aromatic N) is 5. The third-order valence-electron chi connectivity index (χ3n) is 7.45. The van der Waals surface area contributed by atoms with Gasteiger partial charge >= 0.3 is 0 Å². The molecule has 2 aliphatic heterocycles. The van der Waals surface area contributed by atoms with E-state index in [0.717, 1.165) is 16.9 Å². The average molecular weight is 532 g/mol. The van der Waals surface area contributed by atoms with E-state index >= 15 is 0 Å². The van der Waals surface area contributed by atoms with E-state index in [-0.39, 0.29) is 19.1 Å². The van der Waals surface area contributed by atoms with Crippen LogP contribution in [0.4, 0.5) is 11.4 Å². The molecule has 2 atom stereocenters. The van der Waals surface area contributed by atoms with Crippen molar-refractivity contribution in [2.24, 2.45) is 5.92 Å². The Morgan fingerprint density at radius 3 is 2.77 bits per heavy atom. The summed E-state index contributed by atoms with van der Waals surface area (Å²) in [5.74, 6) is -0.280. The molecule has 1 fully saturated rings. The van der Waals surface area contributed by atoms with E-state index in [9.17, 15) is 14.7 Å². The van der Waals surface area contributed by atoms with Crippen LogP contribution in [0.15, 0.2) is 60.8 Å². The Morgan fingerprint density at radius 2 is 2.05 bits per heavy atom. The van der Waals surface area contributed by atoms with Gasteiger partial charge in [-0.25, -0.2) is 0 Å². The number of aliphatic hydroxyl groups is 2. The molecule has 5 rings (SSSR count). The first-order chi connectivity index (χ1) is 18.8. The Kier molecular flexibility index (Phi) is 7.49. The lowest BCUT2D eigenvalue weighted by molar-refractivity contribution is -0.139. The van der Waals surface area contributed by atoms with Crippen molar-refractivity contribution in [3.05, 3.63) is 77.6 Å². The quantitative estimate of drug-likeness (QED) is 0.288. The second-order valence-corrected chi connectivity index (χ2v) is 9.96. The minimum atomic E-state index is -1.77. The van der Waals surface area contributed by atoms with Crippen molar-refractivity contribution < 1.29 is 24.5 Å². The highest BCUT2D eigenvalue weighted by atomic mass is 16.5. The fourth-order valence-electron chi connectivity index (χ4n) is 5.13. The highest BCUT2D eigenvalue weighted by Crippen LogP contribution is 2.47. The molecular weight excluding hydrogens is 498 g/mol. The number of ether oxygens (including phenoxy) is 1. The van der Waals surface area contributed by atoms with Gasteiger partial charge in [-0.05, 0) is 42.3 Å². The van der Waals surface area contributed by atoms with E-state index in [4.69, 9.17) is 9.84 Å². The SMILES string of the molecule is COc1ccc2c(c1)[C@@](O)([C@H](C)/C=C/CCn1cc(CCO)nn1)C(=O)N2Cc1cccc(N2CCC2=O)c1. The molecule has 0 spiro atoms. The lowest BCUT2D eigenvalue weighted by atomic mass is 9.83. The number of hydrogen-bond donors (Lipinski definition) is 2.